The first-order chi connectivity index (χ1) is 9.65. The number of rotatable bonds is 4. The summed E-state index contributed by atoms with van der Waals surface area (Å²) in [6.45, 7) is 3.02. The molecule has 0 amide bonds. The van der Waals surface area contributed by atoms with E-state index < -0.39 is 0 Å². The molecule has 1 aromatic carbocycles. The Bertz CT molecular complexity index is 596. The highest BCUT2D eigenvalue weighted by Gasteiger charge is 2.33. The summed E-state index contributed by atoms with van der Waals surface area (Å²) in [5.41, 5.74) is 2.37. The standard InChI is InChI=1S/C16H20N2OS/c1-11-10-17-15(20-11)7-8-18(2)14-9-12-5-3-4-6-13(12)16(14)19/h3-6,10,14,16,19H,7-9H2,1-2H3. The molecule has 2 unspecified atom stereocenters. The highest BCUT2D eigenvalue weighted by Crippen LogP contribution is 2.33. The lowest BCUT2D eigenvalue weighted by atomic mass is 10.1. The van der Waals surface area contributed by atoms with Gasteiger partial charge in [0.15, 0.2) is 0 Å². The molecule has 2 aromatic rings. The van der Waals surface area contributed by atoms with Crippen molar-refractivity contribution in [3.63, 3.8) is 0 Å². The third-order valence-corrected chi connectivity index (χ3v) is 5.05. The minimum absolute atomic E-state index is 0.188. The molecule has 1 aromatic heterocycles. The number of aliphatic hydroxyl groups excluding tert-OH is 1. The molecule has 1 heterocycles. The molecule has 106 valence electrons. The van der Waals surface area contributed by atoms with E-state index in [1.807, 2.05) is 24.4 Å². The van der Waals surface area contributed by atoms with Gasteiger partial charge in [-0.1, -0.05) is 24.3 Å². The molecular formula is C16H20N2OS. The molecule has 3 nitrogen and oxygen atoms in total. The molecule has 4 heteroatoms. The summed E-state index contributed by atoms with van der Waals surface area (Å²) >= 11 is 1.76. The maximum Gasteiger partial charge on any atom is 0.0950 e. The molecule has 0 saturated heterocycles. The van der Waals surface area contributed by atoms with Gasteiger partial charge in [0.05, 0.1) is 11.1 Å². The predicted molar refractivity (Wildman–Crippen MR) is 82.1 cm³/mol. The third-order valence-electron chi connectivity index (χ3n) is 4.08. The van der Waals surface area contributed by atoms with Gasteiger partial charge in [0, 0.05) is 30.1 Å². The van der Waals surface area contributed by atoms with Crippen LogP contribution in [0.2, 0.25) is 0 Å². The largest absolute Gasteiger partial charge is 0.387 e. The molecule has 0 saturated carbocycles. The Morgan fingerprint density at radius 2 is 2.20 bits per heavy atom. The van der Waals surface area contributed by atoms with Crippen molar-refractivity contribution >= 4 is 11.3 Å². The summed E-state index contributed by atoms with van der Waals surface area (Å²) in [5.74, 6) is 0. The van der Waals surface area contributed by atoms with Crippen molar-refractivity contribution in [1.82, 2.24) is 9.88 Å². The zero-order valence-corrected chi connectivity index (χ0v) is 12.7. The van der Waals surface area contributed by atoms with Gasteiger partial charge in [-0.25, -0.2) is 4.98 Å². The first-order valence-corrected chi connectivity index (χ1v) is 7.84. The Morgan fingerprint density at radius 1 is 1.40 bits per heavy atom. The van der Waals surface area contributed by atoms with Crippen LogP contribution in [-0.4, -0.2) is 34.6 Å². The molecule has 2 atom stereocenters. The molecule has 1 aliphatic carbocycles. The van der Waals surface area contributed by atoms with Gasteiger partial charge >= 0.3 is 0 Å². The fourth-order valence-electron chi connectivity index (χ4n) is 2.90. The van der Waals surface area contributed by atoms with Gasteiger partial charge in [0.2, 0.25) is 0 Å². The number of thiazole rings is 1. The van der Waals surface area contributed by atoms with Crippen LogP contribution < -0.4 is 0 Å². The van der Waals surface area contributed by atoms with E-state index in [0.29, 0.717) is 0 Å². The van der Waals surface area contributed by atoms with Crippen LogP contribution in [0, 0.1) is 6.92 Å². The van der Waals surface area contributed by atoms with Gasteiger partial charge in [-0.15, -0.1) is 11.3 Å². The van der Waals surface area contributed by atoms with E-state index in [4.69, 9.17) is 0 Å². The maximum absolute atomic E-state index is 10.5. The van der Waals surface area contributed by atoms with E-state index in [2.05, 4.69) is 29.9 Å². The third kappa shape index (κ3) is 2.64. The van der Waals surface area contributed by atoms with Crippen LogP contribution in [0.5, 0.6) is 0 Å². The van der Waals surface area contributed by atoms with Gasteiger partial charge in [-0.05, 0) is 31.5 Å². The zero-order valence-electron chi connectivity index (χ0n) is 11.9. The van der Waals surface area contributed by atoms with Crippen molar-refractivity contribution in [2.45, 2.75) is 31.9 Å². The SMILES string of the molecule is Cc1cnc(CCN(C)C2Cc3ccccc3C2O)s1. The Kier molecular flexibility index (Phi) is 3.87. The van der Waals surface area contributed by atoms with E-state index >= 15 is 0 Å². The lowest BCUT2D eigenvalue weighted by Crippen LogP contribution is -2.36. The zero-order chi connectivity index (χ0) is 14.1. The Labute approximate surface area is 123 Å². The normalized spacial score (nSPS) is 21.4. The van der Waals surface area contributed by atoms with Crippen LogP contribution in [0.1, 0.15) is 27.1 Å². The second-order valence-corrected chi connectivity index (χ2v) is 6.83. The summed E-state index contributed by atoms with van der Waals surface area (Å²) < 4.78 is 0. The van der Waals surface area contributed by atoms with E-state index in [9.17, 15) is 5.11 Å². The number of aromatic nitrogens is 1. The quantitative estimate of drug-likeness (QED) is 0.939. The van der Waals surface area contributed by atoms with Crippen molar-refractivity contribution in [1.29, 1.82) is 0 Å². The van der Waals surface area contributed by atoms with Gasteiger partial charge in [-0.3, -0.25) is 4.90 Å². The molecule has 1 N–H and O–H groups in total. The van der Waals surface area contributed by atoms with Gasteiger partial charge in [-0.2, -0.15) is 0 Å². The number of benzene rings is 1. The van der Waals surface area contributed by atoms with E-state index in [1.165, 1.54) is 15.4 Å². The molecule has 0 spiro atoms. The predicted octanol–water partition coefficient (Wildman–Crippen LogP) is 2.58. The summed E-state index contributed by atoms with van der Waals surface area (Å²) in [4.78, 5) is 7.93. The average molecular weight is 288 g/mol. The maximum atomic E-state index is 10.5. The Hall–Kier alpha value is -1.23. The fourth-order valence-corrected chi connectivity index (χ4v) is 3.68. The number of nitrogens with zero attached hydrogens (tertiary/aromatic N) is 2. The molecule has 3 rings (SSSR count). The molecule has 1 aliphatic rings. The molecule has 0 aliphatic heterocycles. The smallest absolute Gasteiger partial charge is 0.0950 e. The average Bonchev–Trinajstić information content (AvgIpc) is 3.01. The van der Waals surface area contributed by atoms with E-state index in [1.54, 1.807) is 11.3 Å². The van der Waals surface area contributed by atoms with Crippen LogP contribution in [0.15, 0.2) is 30.5 Å². The second-order valence-electron chi connectivity index (χ2n) is 5.51. The van der Waals surface area contributed by atoms with Crippen molar-refractivity contribution in [2.75, 3.05) is 13.6 Å². The lowest BCUT2D eigenvalue weighted by Gasteiger charge is -2.26. The minimum atomic E-state index is -0.366. The molecule has 0 bridgehead atoms. The van der Waals surface area contributed by atoms with E-state index in [-0.39, 0.29) is 12.1 Å². The van der Waals surface area contributed by atoms with Crippen LogP contribution in [0.4, 0.5) is 0 Å². The van der Waals surface area contributed by atoms with Crippen LogP contribution in [-0.2, 0) is 12.8 Å². The van der Waals surface area contributed by atoms with Crippen LogP contribution >= 0.6 is 11.3 Å². The first kappa shape index (κ1) is 13.7. The highest BCUT2D eigenvalue weighted by molar-refractivity contribution is 7.11. The number of hydrogen-bond donors (Lipinski definition) is 1. The second kappa shape index (κ2) is 5.64. The fraction of sp³-hybridized carbons (Fsp3) is 0.438. The summed E-state index contributed by atoms with van der Waals surface area (Å²) in [6.07, 6.45) is 3.45. The van der Waals surface area contributed by atoms with E-state index in [0.717, 1.165) is 24.9 Å². The van der Waals surface area contributed by atoms with Crippen molar-refractivity contribution in [3.05, 3.63) is 51.5 Å². The molecule has 0 fully saturated rings. The monoisotopic (exact) mass is 288 g/mol. The lowest BCUT2D eigenvalue weighted by molar-refractivity contribution is 0.0767. The van der Waals surface area contributed by atoms with Gasteiger partial charge in [0.25, 0.3) is 0 Å². The van der Waals surface area contributed by atoms with Gasteiger partial charge in [0.1, 0.15) is 0 Å². The number of likely N-dealkylation sites (N-methyl/N-ethyl adjacent to an activating group) is 1. The molecule has 0 radical (unpaired) electrons. The topological polar surface area (TPSA) is 36.4 Å². The number of aliphatic hydroxyl groups is 1. The Balaban J connectivity index is 1.63. The summed E-state index contributed by atoms with van der Waals surface area (Å²) in [5, 5.41) is 11.6. The summed E-state index contributed by atoms with van der Waals surface area (Å²) in [7, 11) is 2.10. The van der Waals surface area contributed by atoms with Crippen molar-refractivity contribution in [2.24, 2.45) is 0 Å². The van der Waals surface area contributed by atoms with Crippen LogP contribution in [0.25, 0.3) is 0 Å². The number of aryl methyl sites for hydroxylation is 1. The minimum Gasteiger partial charge on any atom is -0.387 e. The van der Waals surface area contributed by atoms with Crippen molar-refractivity contribution < 1.29 is 5.11 Å². The first-order valence-electron chi connectivity index (χ1n) is 7.02. The summed E-state index contributed by atoms with van der Waals surface area (Å²) in [6, 6.07) is 8.40. The number of fused-ring (bicyclic) bond motifs is 1. The van der Waals surface area contributed by atoms with Gasteiger partial charge < -0.3 is 5.11 Å². The number of hydrogen-bond acceptors (Lipinski definition) is 4. The molecular weight excluding hydrogens is 268 g/mol. The Morgan fingerprint density at radius 3 is 2.90 bits per heavy atom. The highest BCUT2D eigenvalue weighted by atomic mass is 32.1. The molecule has 20 heavy (non-hydrogen) atoms. The van der Waals surface area contributed by atoms with Crippen molar-refractivity contribution in [3.8, 4) is 0 Å². The van der Waals surface area contributed by atoms with Crippen LogP contribution in [0.3, 0.4) is 0 Å².